The predicted molar refractivity (Wildman–Crippen MR) is 100 cm³/mol. The van der Waals surface area contributed by atoms with Crippen LogP contribution in [0, 0.1) is 13.8 Å². The van der Waals surface area contributed by atoms with Gasteiger partial charge in [0.05, 0.1) is 12.7 Å². The maximum absolute atomic E-state index is 12.8. The lowest BCUT2D eigenvalue weighted by Gasteiger charge is -2.25. The predicted octanol–water partition coefficient (Wildman–Crippen LogP) is 3.29. The molecule has 1 aliphatic rings. The van der Waals surface area contributed by atoms with Crippen molar-refractivity contribution < 1.29 is 17.9 Å². The summed E-state index contributed by atoms with van der Waals surface area (Å²) in [5.74, 6) is 0.212. The molecule has 2 aromatic rings. The van der Waals surface area contributed by atoms with Gasteiger partial charge < -0.3 is 10.1 Å². The van der Waals surface area contributed by atoms with E-state index in [4.69, 9.17) is 4.74 Å². The largest absolute Gasteiger partial charge is 0.497 e. The number of sulfonamides is 1. The molecule has 0 radical (unpaired) electrons. The number of hydrogen-bond donors (Lipinski definition) is 1. The molecule has 25 heavy (non-hydrogen) atoms. The van der Waals surface area contributed by atoms with E-state index in [9.17, 15) is 13.2 Å². The van der Waals surface area contributed by atoms with Crippen molar-refractivity contribution in [2.75, 3.05) is 23.8 Å². The van der Waals surface area contributed by atoms with Gasteiger partial charge in [0.2, 0.25) is 5.78 Å². The molecule has 1 N–H and O–H groups in total. The monoisotopic (exact) mass is 378 g/mol. The van der Waals surface area contributed by atoms with E-state index in [-0.39, 0.29) is 4.91 Å². The van der Waals surface area contributed by atoms with Gasteiger partial charge in [0.1, 0.15) is 10.8 Å². The molecule has 0 amide bonds. The number of aryl methyl sites for hydroxylation is 1. The molecule has 0 bridgehead atoms. The van der Waals surface area contributed by atoms with Crippen molar-refractivity contribution in [3.63, 3.8) is 0 Å². The minimum absolute atomic E-state index is 0.265. The number of carbonyl (C=O) groups is 1. The van der Waals surface area contributed by atoms with Crippen LogP contribution < -0.4 is 14.4 Å². The highest BCUT2D eigenvalue weighted by molar-refractivity contribution is 7.98. The first-order chi connectivity index (χ1) is 11.8. The number of ketones is 1. The minimum atomic E-state index is -3.88. The summed E-state index contributed by atoms with van der Waals surface area (Å²) in [6.45, 7) is 3.72. The van der Waals surface area contributed by atoms with Gasteiger partial charge in [-0.1, -0.05) is 0 Å². The maximum atomic E-state index is 12.8. The van der Waals surface area contributed by atoms with Crippen LogP contribution in [0.4, 0.5) is 10.7 Å². The molecular formula is C17H18N2O4S2. The quantitative estimate of drug-likeness (QED) is 0.830. The van der Waals surface area contributed by atoms with E-state index < -0.39 is 15.8 Å². The van der Waals surface area contributed by atoms with Crippen molar-refractivity contribution in [1.82, 2.24) is 0 Å². The van der Waals surface area contributed by atoms with Crippen LogP contribution in [-0.2, 0) is 10.0 Å². The lowest BCUT2D eigenvalue weighted by molar-refractivity contribution is 0.104. The zero-order valence-electron chi connectivity index (χ0n) is 14.3. The number of carbonyl (C=O) groups excluding carboxylic acids is 1. The Morgan fingerprint density at radius 2 is 1.84 bits per heavy atom. The van der Waals surface area contributed by atoms with Crippen molar-refractivity contribution in [1.29, 1.82) is 0 Å². The molecule has 132 valence electrons. The first kappa shape index (κ1) is 17.5. The standard InChI is InChI=1S/C17H18N2O4S2/c1-10-11(2)24-17-15(10)16(20)14(25(21,22)19(17)3)9-18-12-5-7-13(23-4)8-6-12/h5-9,18H,1-4H3/b14-9+. The number of hydrogen-bond acceptors (Lipinski definition) is 6. The Hall–Kier alpha value is -2.32. The van der Waals surface area contributed by atoms with Gasteiger partial charge in [-0.05, 0) is 43.7 Å². The molecule has 0 spiro atoms. The van der Waals surface area contributed by atoms with Crippen molar-refractivity contribution in [2.45, 2.75) is 13.8 Å². The Kier molecular flexibility index (Phi) is 4.34. The summed E-state index contributed by atoms with van der Waals surface area (Å²) in [4.78, 5) is 13.5. The fourth-order valence-electron chi connectivity index (χ4n) is 2.57. The Balaban J connectivity index is 2.02. The number of fused-ring (bicyclic) bond motifs is 1. The number of rotatable bonds is 3. The van der Waals surface area contributed by atoms with Crippen LogP contribution in [0.25, 0.3) is 0 Å². The molecule has 8 heteroatoms. The number of thiophene rings is 1. The SMILES string of the molecule is COc1ccc(N/C=C2\C(=O)c3c(sc(C)c3C)N(C)S2(=O)=O)cc1. The third kappa shape index (κ3) is 2.81. The number of nitrogens with zero attached hydrogens (tertiary/aromatic N) is 1. The van der Waals surface area contributed by atoms with Crippen LogP contribution in [-0.4, -0.2) is 28.4 Å². The molecule has 0 saturated heterocycles. The zero-order valence-corrected chi connectivity index (χ0v) is 15.9. The summed E-state index contributed by atoms with van der Waals surface area (Å²) in [6.07, 6.45) is 1.26. The highest BCUT2D eigenvalue weighted by Gasteiger charge is 2.40. The normalized spacial score (nSPS) is 17.5. The molecule has 0 fully saturated rings. The lowest BCUT2D eigenvalue weighted by Crippen LogP contribution is -2.36. The number of anilines is 2. The van der Waals surface area contributed by atoms with E-state index in [2.05, 4.69) is 5.32 Å². The minimum Gasteiger partial charge on any atom is -0.497 e. The Morgan fingerprint density at radius 3 is 2.44 bits per heavy atom. The Bertz CT molecular complexity index is 973. The molecule has 6 nitrogen and oxygen atoms in total. The van der Waals surface area contributed by atoms with Crippen molar-refractivity contribution in [2.24, 2.45) is 0 Å². The Morgan fingerprint density at radius 1 is 1.20 bits per heavy atom. The first-order valence-electron chi connectivity index (χ1n) is 7.51. The summed E-state index contributed by atoms with van der Waals surface area (Å²) in [5.41, 5.74) is 1.94. The summed E-state index contributed by atoms with van der Waals surface area (Å²) >= 11 is 1.32. The third-order valence-corrected chi connectivity index (χ3v) is 7.36. The van der Waals surface area contributed by atoms with Crippen molar-refractivity contribution in [3.05, 3.63) is 51.4 Å². The highest BCUT2D eigenvalue weighted by atomic mass is 32.2. The zero-order chi connectivity index (χ0) is 18.4. The summed E-state index contributed by atoms with van der Waals surface area (Å²) in [6, 6.07) is 6.97. The van der Waals surface area contributed by atoms with Crippen LogP contribution in [0.1, 0.15) is 20.8 Å². The van der Waals surface area contributed by atoms with E-state index in [1.165, 1.54) is 28.9 Å². The van der Waals surface area contributed by atoms with E-state index in [0.717, 1.165) is 10.4 Å². The van der Waals surface area contributed by atoms with Crippen LogP contribution in [0.15, 0.2) is 35.4 Å². The Labute approximate surface area is 150 Å². The van der Waals surface area contributed by atoms with Crippen LogP contribution in [0.3, 0.4) is 0 Å². The average molecular weight is 378 g/mol. The molecule has 0 unspecified atom stereocenters. The van der Waals surface area contributed by atoms with Gasteiger partial charge in [0.25, 0.3) is 10.0 Å². The van der Waals surface area contributed by atoms with E-state index >= 15 is 0 Å². The molecule has 3 rings (SSSR count). The number of methoxy groups -OCH3 is 1. The number of nitrogens with one attached hydrogen (secondary N) is 1. The van der Waals surface area contributed by atoms with Crippen LogP contribution >= 0.6 is 11.3 Å². The summed E-state index contributed by atoms with van der Waals surface area (Å²) in [7, 11) is -0.848. The first-order valence-corrected chi connectivity index (χ1v) is 9.77. The van der Waals surface area contributed by atoms with E-state index in [1.54, 1.807) is 31.4 Å². The van der Waals surface area contributed by atoms with E-state index in [1.807, 2.05) is 13.8 Å². The second-order valence-corrected chi connectivity index (χ2v) is 8.79. The van der Waals surface area contributed by atoms with Gasteiger partial charge in [0.15, 0.2) is 4.91 Å². The van der Waals surface area contributed by atoms with Gasteiger partial charge in [-0.25, -0.2) is 8.42 Å². The van der Waals surface area contributed by atoms with Gasteiger partial charge in [-0.15, -0.1) is 11.3 Å². The number of Topliss-reactive ketones (excluding diaryl/α,β-unsaturated/α-hetero) is 1. The number of benzene rings is 1. The molecule has 0 saturated carbocycles. The van der Waals surface area contributed by atoms with Crippen molar-refractivity contribution >= 4 is 37.8 Å². The molecule has 1 aliphatic heterocycles. The van der Waals surface area contributed by atoms with Gasteiger partial charge in [0, 0.05) is 23.8 Å². The van der Waals surface area contributed by atoms with Gasteiger partial charge >= 0.3 is 0 Å². The second-order valence-electron chi connectivity index (χ2n) is 5.65. The third-order valence-electron chi connectivity index (χ3n) is 4.20. The van der Waals surface area contributed by atoms with E-state index in [0.29, 0.717) is 22.0 Å². The van der Waals surface area contributed by atoms with Crippen LogP contribution in [0.5, 0.6) is 5.75 Å². The number of ether oxygens (including phenoxy) is 1. The van der Waals surface area contributed by atoms with Gasteiger partial charge in [-0.3, -0.25) is 9.10 Å². The summed E-state index contributed by atoms with van der Waals surface area (Å²) < 4.78 is 31.7. The topological polar surface area (TPSA) is 75.7 Å². The fourth-order valence-corrected chi connectivity index (χ4v) is 5.15. The maximum Gasteiger partial charge on any atom is 0.270 e. The van der Waals surface area contributed by atoms with Crippen LogP contribution in [0.2, 0.25) is 0 Å². The lowest BCUT2D eigenvalue weighted by atomic mass is 10.1. The fraction of sp³-hybridized carbons (Fsp3) is 0.235. The molecule has 0 atom stereocenters. The summed E-state index contributed by atoms with van der Waals surface area (Å²) in [5, 5.41) is 3.36. The highest BCUT2D eigenvalue weighted by Crippen LogP contribution is 2.42. The molecule has 2 heterocycles. The van der Waals surface area contributed by atoms with Crippen molar-refractivity contribution in [3.8, 4) is 5.75 Å². The van der Waals surface area contributed by atoms with Gasteiger partial charge in [-0.2, -0.15) is 0 Å². The second kappa shape index (κ2) is 6.20. The molecule has 1 aromatic heterocycles. The number of allylic oxidation sites excluding steroid dienone is 1. The molecule has 1 aromatic carbocycles. The smallest absolute Gasteiger partial charge is 0.270 e. The molecule has 0 aliphatic carbocycles. The molecular weight excluding hydrogens is 360 g/mol. The average Bonchev–Trinajstić information content (AvgIpc) is 2.89.